The summed E-state index contributed by atoms with van der Waals surface area (Å²) >= 11 is 0. The van der Waals surface area contributed by atoms with Crippen LogP contribution in [0.2, 0.25) is 0 Å². The summed E-state index contributed by atoms with van der Waals surface area (Å²) < 4.78 is 26.8. The lowest BCUT2D eigenvalue weighted by Crippen LogP contribution is -2.51. The van der Waals surface area contributed by atoms with Gasteiger partial charge in [0.15, 0.2) is 0 Å². The molecule has 0 aromatic heterocycles. The largest absolute Gasteiger partial charge is 0.390 e. The van der Waals surface area contributed by atoms with Crippen LogP contribution in [0.3, 0.4) is 0 Å². The molecule has 4 nitrogen and oxygen atoms in total. The predicted octanol–water partition coefficient (Wildman–Crippen LogP) is 1.95. The highest BCUT2D eigenvalue weighted by Crippen LogP contribution is 2.48. The summed E-state index contributed by atoms with van der Waals surface area (Å²) in [5, 5.41) is 10.4. The molecule has 2 aliphatic rings. The van der Waals surface area contributed by atoms with Gasteiger partial charge < -0.3 is 15.7 Å². The lowest BCUT2D eigenvalue weighted by molar-refractivity contribution is -0.133. The summed E-state index contributed by atoms with van der Waals surface area (Å²) in [6, 6.07) is 2.83. The van der Waals surface area contributed by atoms with Crippen molar-refractivity contribution in [2.24, 2.45) is 11.1 Å². The van der Waals surface area contributed by atoms with Crippen LogP contribution in [0.1, 0.15) is 32.6 Å². The highest BCUT2D eigenvalue weighted by atomic mass is 19.1. The molecule has 1 spiro atoms. The van der Waals surface area contributed by atoms with Gasteiger partial charge in [0, 0.05) is 24.3 Å². The Morgan fingerprint density at radius 2 is 1.91 bits per heavy atom. The van der Waals surface area contributed by atoms with Crippen molar-refractivity contribution in [3.8, 4) is 0 Å². The van der Waals surface area contributed by atoms with Gasteiger partial charge in [-0.05, 0) is 44.7 Å². The van der Waals surface area contributed by atoms with Gasteiger partial charge >= 0.3 is 0 Å². The molecule has 1 aliphatic carbocycles. The van der Waals surface area contributed by atoms with Crippen molar-refractivity contribution in [1.29, 1.82) is 0 Å². The first-order valence-electron chi connectivity index (χ1n) is 7.47. The Morgan fingerprint density at radius 1 is 1.27 bits per heavy atom. The van der Waals surface area contributed by atoms with E-state index in [2.05, 4.69) is 0 Å². The molecule has 22 heavy (non-hydrogen) atoms. The second kappa shape index (κ2) is 4.99. The molecule has 6 heteroatoms. The van der Waals surface area contributed by atoms with Crippen LogP contribution in [0.4, 0.5) is 14.5 Å². The molecule has 1 aromatic carbocycles. The maximum absolute atomic E-state index is 13.4. The summed E-state index contributed by atoms with van der Waals surface area (Å²) in [5.74, 6) is -1.62. The highest BCUT2D eigenvalue weighted by molar-refractivity contribution is 6.00. The van der Waals surface area contributed by atoms with Crippen LogP contribution in [0.5, 0.6) is 0 Å². The monoisotopic (exact) mass is 310 g/mol. The fourth-order valence-electron chi connectivity index (χ4n) is 4.13. The molecule has 1 amide bonds. The van der Waals surface area contributed by atoms with Crippen molar-refractivity contribution >= 4 is 11.6 Å². The Kier molecular flexibility index (Phi) is 3.49. The molecular formula is C16H20F2N2O2. The number of aliphatic hydroxyl groups is 1. The average molecular weight is 310 g/mol. The molecule has 1 saturated heterocycles. The van der Waals surface area contributed by atoms with Gasteiger partial charge in [-0.1, -0.05) is 0 Å². The van der Waals surface area contributed by atoms with Crippen LogP contribution >= 0.6 is 0 Å². The fraction of sp³-hybridized carbons (Fsp3) is 0.562. The number of carbonyl (C=O) groups is 1. The highest BCUT2D eigenvalue weighted by Gasteiger charge is 2.54. The van der Waals surface area contributed by atoms with Gasteiger partial charge in [0.1, 0.15) is 11.6 Å². The molecule has 1 aliphatic heterocycles. The van der Waals surface area contributed by atoms with Crippen LogP contribution in [-0.4, -0.2) is 29.2 Å². The molecule has 0 unspecified atom stereocenters. The minimum absolute atomic E-state index is 0.201. The third-order valence-electron chi connectivity index (χ3n) is 4.75. The Bertz CT molecular complexity index is 600. The number of nitrogens with two attached hydrogens (primary N) is 1. The second-order valence-corrected chi connectivity index (χ2v) is 6.96. The normalized spacial score (nSPS) is 35.4. The van der Waals surface area contributed by atoms with Crippen molar-refractivity contribution in [2.75, 3.05) is 11.4 Å². The summed E-state index contributed by atoms with van der Waals surface area (Å²) in [5.41, 5.74) is 4.51. The zero-order chi connectivity index (χ0) is 16.1. The van der Waals surface area contributed by atoms with Crippen molar-refractivity contribution in [3.05, 3.63) is 29.8 Å². The molecule has 3 rings (SSSR count). The van der Waals surface area contributed by atoms with Gasteiger partial charge in [-0.25, -0.2) is 8.78 Å². The number of amides is 1. The van der Waals surface area contributed by atoms with E-state index in [1.165, 1.54) is 4.90 Å². The van der Waals surface area contributed by atoms with Crippen LogP contribution in [-0.2, 0) is 4.79 Å². The molecule has 1 aromatic rings. The van der Waals surface area contributed by atoms with Crippen LogP contribution in [0.15, 0.2) is 18.2 Å². The SMILES string of the molecule is C[C@@]1(O)C[C@@H](N)C[C@]2(CCN(c3cc(F)cc(F)c3)C2=O)C1. The molecule has 3 N–H and O–H groups in total. The second-order valence-electron chi connectivity index (χ2n) is 6.96. The van der Waals surface area contributed by atoms with E-state index in [1.807, 2.05) is 0 Å². The molecule has 120 valence electrons. The number of hydrogen-bond acceptors (Lipinski definition) is 3. The molecule has 0 bridgehead atoms. The third-order valence-corrected chi connectivity index (χ3v) is 4.75. The molecular weight excluding hydrogens is 290 g/mol. The van der Waals surface area contributed by atoms with E-state index in [0.717, 1.165) is 18.2 Å². The number of halogens is 2. The summed E-state index contributed by atoms with van der Waals surface area (Å²) in [6.45, 7) is 2.07. The van der Waals surface area contributed by atoms with E-state index in [-0.39, 0.29) is 17.6 Å². The molecule has 3 atom stereocenters. The minimum Gasteiger partial charge on any atom is -0.390 e. The van der Waals surface area contributed by atoms with Gasteiger partial charge in [-0.2, -0.15) is 0 Å². The van der Waals surface area contributed by atoms with Crippen molar-refractivity contribution in [1.82, 2.24) is 0 Å². The van der Waals surface area contributed by atoms with Crippen LogP contribution < -0.4 is 10.6 Å². The molecule has 1 heterocycles. The van der Waals surface area contributed by atoms with Crippen LogP contribution in [0, 0.1) is 17.0 Å². The van der Waals surface area contributed by atoms with Gasteiger partial charge in [0.2, 0.25) is 5.91 Å². The molecule has 0 radical (unpaired) electrons. The molecule has 2 fully saturated rings. The van der Waals surface area contributed by atoms with E-state index in [4.69, 9.17) is 5.73 Å². The van der Waals surface area contributed by atoms with Gasteiger partial charge in [-0.3, -0.25) is 4.79 Å². The average Bonchev–Trinajstić information content (AvgIpc) is 2.62. The summed E-state index contributed by atoms with van der Waals surface area (Å²) in [4.78, 5) is 14.3. The zero-order valence-electron chi connectivity index (χ0n) is 12.5. The lowest BCUT2D eigenvalue weighted by atomic mass is 9.65. The lowest BCUT2D eigenvalue weighted by Gasteiger charge is -2.43. The van der Waals surface area contributed by atoms with Crippen molar-refractivity contribution in [2.45, 2.75) is 44.2 Å². The quantitative estimate of drug-likeness (QED) is 0.833. The maximum Gasteiger partial charge on any atom is 0.233 e. The van der Waals surface area contributed by atoms with E-state index in [9.17, 15) is 18.7 Å². The van der Waals surface area contributed by atoms with E-state index < -0.39 is 22.7 Å². The maximum atomic E-state index is 13.4. The first kappa shape index (κ1) is 15.4. The minimum atomic E-state index is -0.990. The Hall–Kier alpha value is -1.53. The van der Waals surface area contributed by atoms with E-state index >= 15 is 0 Å². The summed E-state index contributed by atoms with van der Waals surface area (Å²) in [7, 11) is 0. The van der Waals surface area contributed by atoms with Gasteiger partial charge in [-0.15, -0.1) is 0 Å². The number of anilines is 1. The van der Waals surface area contributed by atoms with E-state index in [1.54, 1.807) is 6.92 Å². The van der Waals surface area contributed by atoms with E-state index in [0.29, 0.717) is 32.2 Å². The standard InChI is InChI=1S/C16H20F2N2O2/c1-15(22)7-12(19)8-16(9-15)2-3-20(14(16)21)13-5-10(17)4-11(18)6-13/h4-6,12,22H,2-3,7-9,19H2,1H3/t12-,15-,16-/m1/s1. The number of hydrogen-bond donors (Lipinski definition) is 2. The molecule has 1 saturated carbocycles. The first-order chi connectivity index (χ1) is 10.2. The van der Waals surface area contributed by atoms with Crippen molar-refractivity contribution < 1.29 is 18.7 Å². The number of carbonyl (C=O) groups excluding carboxylic acids is 1. The van der Waals surface area contributed by atoms with Crippen LogP contribution in [0.25, 0.3) is 0 Å². The number of benzene rings is 1. The smallest absolute Gasteiger partial charge is 0.233 e. The summed E-state index contributed by atoms with van der Waals surface area (Å²) in [6.07, 6.45) is 1.82. The number of rotatable bonds is 1. The predicted molar refractivity (Wildman–Crippen MR) is 78.2 cm³/mol. The zero-order valence-corrected chi connectivity index (χ0v) is 12.5. The Labute approximate surface area is 127 Å². The van der Waals surface area contributed by atoms with Crippen molar-refractivity contribution in [3.63, 3.8) is 0 Å². The van der Waals surface area contributed by atoms with Gasteiger partial charge in [0.25, 0.3) is 0 Å². The fourth-order valence-corrected chi connectivity index (χ4v) is 4.13. The Balaban J connectivity index is 1.91. The third kappa shape index (κ3) is 2.61. The first-order valence-corrected chi connectivity index (χ1v) is 7.47. The van der Waals surface area contributed by atoms with Gasteiger partial charge in [0.05, 0.1) is 11.0 Å². The Morgan fingerprint density at radius 3 is 2.50 bits per heavy atom. The number of nitrogens with zero attached hydrogens (tertiary/aromatic N) is 1. The topological polar surface area (TPSA) is 66.6 Å².